The van der Waals surface area contributed by atoms with Crippen LogP contribution in [0.1, 0.15) is 46.0 Å². The summed E-state index contributed by atoms with van der Waals surface area (Å²) < 4.78 is 0. The van der Waals surface area contributed by atoms with E-state index in [0.717, 1.165) is 25.7 Å². The summed E-state index contributed by atoms with van der Waals surface area (Å²) >= 11 is 0. The van der Waals surface area contributed by atoms with Gasteiger partial charge in [0.2, 0.25) is 0 Å². The first kappa shape index (κ1) is 8.76. The van der Waals surface area contributed by atoms with Crippen LogP contribution in [-0.4, -0.2) is 5.78 Å². The molecule has 1 fully saturated rings. The van der Waals surface area contributed by atoms with Crippen molar-refractivity contribution in [2.24, 2.45) is 11.8 Å². The molecule has 0 radical (unpaired) electrons. The van der Waals surface area contributed by atoms with Crippen molar-refractivity contribution in [3.63, 3.8) is 0 Å². The maximum absolute atomic E-state index is 11.5. The predicted octanol–water partition coefficient (Wildman–Crippen LogP) is 2.79. The number of carbonyl (C=O) groups excluding carboxylic acids is 1. The van der Waals surface area contributed by atoms with Gasteiger partial charge >= 0.3 is 0 Å². The lowest BCUT2D eigenvalue weighted by molar-refractivity contribution is -0.128. The molecule has 1 rings (SSSR count). The van der Waals surface area contributed by atoms with Crippen molar-refractivity contribution in [2.45, 2.75) is 46.0 Å². The smallest absolute Gasteiger partial charge is 0.138 e. The van der Waals surface area contributed by atoms with E-state index in [9.17, 15) is 4.79 Å². The number of Topliss-reactive ketones (excluding diaryl/α,β-unsaturated/α-hetero) is 1. The molecule has 0 saturated heterocycles. The van der Waals surface area contributed by atoms with E-state index in [1.54, 1.807) is 0 Å². The van der Waals surface area contributed by atoms with Crippen molar-refractivity contribution in [3.05, 3.63) is 0 Å². The van der Waals surface area contributed by atoms with Gasteiger partial charge in [-0.05, 0) is 19.3 Å². The summed E-state index contributed by atoms with van der Waals surface area (Å²) in [7, 11) is 0. The van der Waals surface area contributed by atoms with Crippen molar-refractivity contribution in [1.29, 1.82) is 0 Å². The zero-order valence-corrected chi connectivity index (χ0v) is 7.60. The van der Waals surface area contributed by atoms with Crippen LogP contribution >= 0.6 is 0 Å². The van der Waals surface area contributed by atoms with Crippen molar-refractivity contribution < 1.29 is 4.79 Å². The van der Waals surface area contributed by atoms with E-state index in [1.807, 2.05) is 0 Å². The molecule has 0 aromatic rings. The van der Waals surface area contributed by atoms with Crippen molar-refractivity contribution in [3.8, 4) is 0 Å². The van der Waals surface area contributed by atoms with Gasteiger partial charge in [0.05, 0.1) is 0 Å². The van der Waals surface area contributed by atoms with E-state index < -0.39 is 0 Å². The van der Waals surface area contributed by atoms with Crippen LogP contribution in [0.25, 0.3) is 0 Å². The second-order valence-electron chi connectivity index (χ2n) is 3.72. The van der Waals surface area contributed by atoms with Gasteiger partial charge in [0.1, 0.15) is 5.78 Å². The quantitative estimate of drug-likeness (QED) is 0.597. The van der Waals surface area contributed by atoms with Gasteiger partial charge in [-0.25, -0.2) is 0 Å². The minimum absolute atomic E-state index is 0.347. The Morgan fingerprint density at radius 3 is 2.82 bits per heavy atom. The minimum Gasteiger partial charge on any atom is -0.299 e. The van der Waals surface area contributed by atoms with Crippen LogP contribution < -0.4 is 0 Å². The molecule has 0 aromatic carbocycles. The van der Waals surface area contributed by atoms with Gasteiger partial charge in [-0.2, -0.15) is 0 Å². The molecule has 2 atom stereocenters. The lowest BCUT2D eigenvalue weighted by Gasteiger charge is -2.24. The molecule has 1 saturated carbocycles. The molecule has 1 aliphatic rings. The van der Waals surface area contributed by atoms with E-state index >= 15 is 0 Å². The third kappa shape index (κ3) is 2.05. The number of ketones is 1. The molecule has 1 aliphatic carbocycles. The Labute approximate surface area is 69.2 Å². The number of carbonyl (C=O) groups is 1. The highest BCUT2D eigenvalue weighted by molar-refractivity contribution is 5.83. The van der Waals surface area contributed by atoms with Crippen LogP contribution in [0.5, 0.6) is 0 Å². The van der Waals surface area contributed by atoms with Gasteiger partial charge in [0.25, 0.3) is 0 Å². The summed E-state index contributed by atoms with van der Waals surface area (Å²) in [6.07, 6.45) is 5.81. The summed E-state index contributed by atoms with van der Waals surface area (Å²) in [4.78, 5) is 11.5. The fourth-order valence-electron chi connectivity index (χ4n) is 1.99. The summed E-state index contributed by atoms with van der Waals surface area (Å²) in [5, 5.41) is 0. The molecule has 0 heterocycles. The molecule has 0 spiro atoms. The number of hydrogen-bond donors (Lipinski definition) is 0. The highest BCUT2D eigenvalue weighted by Gasteiger charge is 2.26. The summed E-state index contributed by atoms with van der Waals surface area (Å²) in [5.41, 5.74) is 0. The summed E-state index contributed by atoms with van der Waals surface area (Å²) in [5.74, 6) is 1.28. The number of hydrogen-bond acceptors (Lipinski definition) is 1. The van der Waals surface area contributed by atoms with E-state index in [4.69, 9.17) is 0 Å². The molecular weight excluding hydrogens is 136 g/mol. The maximum atomic E-state index is 11.5. The van der Waals surface area contributed by atoms with Crippen molar-refractivity contribution in [2.75, 3.05) is 0 Å². The Morgan fingerprint density at radius 1 is 1.45 bits per heavy atom. The molecule has 64 valence electrons. The van der Waals surface area contributed by atoms with Crippen molar-refractivity contribution in [1.82, 2.24) is 0 Å². The summed E-state index contributed by atoms with van der Waals surface area (Å²) in [6.45, 7) is 4.23. The molecule has 0 unspecified atom stereocenters. The van der Waals surface area contributed by atoms with Crippen LogP contribution in [0.2, 0.25) is 0 Å². The number of rotatable bonds is 2. The highest BCUT2D eigenvalue weighted by atomic mass is 16.1. The van der Waals surface area contributed by atoms with Crippen LogP contribution in [0.15, 0.2) is 0 Å². The minimum atomic E-state index is 0.347. The van der Waals surface area contributed by atoms with Gasteiger partial charge in [-0.15, -0.1) is 0 Å². The van der Waals surface area contributed by atoms with Gasteiger partial charge in [-0.3, -0.25) is 4.79 Å². The van der Waals surface area contributed by atoms with E-state index in [1.165, 1.54) is 6.42 Å². The summed E-state index contributed by atoms with van der Waals surface area (Å²) in [6, 6.07) is 0. The molecular formula is C10H18O. The molecule has 11 heavy (non-hydrogen) atoms. The third-order valence-electron chi connectivity index (χ3n) is 2.71. The Balaban J connectivity index is 2.44. The monoisotopic (exact) mass is 154 g/mol. The molecule has 0 N–H and O–H groups in total. The zero-order valence-electron chi connectivity index (χ0n) is 7.60. The van der Waals surface area contributed by atoms with Gasteiger partial charge in [-0.1, -0.05) is 26.7 Å². The fraction of sp³-hybridized carbons (Fsp3) is 0.900. The average molecular weight is 154 g/mol. The molecule has 1 nitrogen and oxygen atoms in total. The highest BCUT2D eigenvalue weighted by Crippen LogP contribution is 2.28. The van der Waals surface area contributed by atoms with Crippen LogP contribution in [0.4, 0.5) is 0 Å². The topological polar surface area (TPSA) is 17.1 Å². The predicted molar refractivity (Wildman–Crippen MR) is 46.4 cm³/mol. The second kappa shape index (κ2) is 3.89. The molecule has 0 bridgehead atoms. The maximum Gasteiger partial charge on any atom is 0.138 e. The van der Waals surface area contributed by atoms with E-state index in [-0.39, 0.29) is 0 Å². The van der Waals surface area contributed by atoms with Gasteiger partial charge in [0, 0.05) is 11.8 Å². The average Bonchev–Trinajstić information content (AvgIpc) is 1.99. The first-order valence-corrected chi connectivity index (χ1v) is 4.79. The lowest BCUT2D eigenvalue weighted by Crippen LogP contribution is -2.26. The Kier molecular flexibility index (Phi) is 3.10. The standard InChI is InChI=1S/C10H18O/c1-3-5-9-7-4-6-8(2)10(9)11/h8-9H,3-7H2,1-2H3/t8-,9+/m0/s1. The lowest BCUT2D eigenvalue weighted by atomic mass is 9.79. The first-order valence-electron chi connectivity index (χ1n) is 4.79. The Bertz CT molecular complexity index is 138. The molecule has 0 aliphatic heterocycles. The normalized spacial score (nSPS) is 32.4. The van der Waals surface area contributed by atoms with E-state index in [2.05, 4.69) is 13.8 Å². The van der Waals surface area contributed by atoms with Crippen LogP contribution in [-0.2, 0) is 4.79 Å². The van der Waals surface area contributed by atoms with Crippen LogP contribution in [0, 0.1) is 11.8 Å². The fourth-order valence-corrected chi connectivity index (χ4v) is 1.99. The second-order valence-corrected chi connectivity index (χ2v) is 3.72. The van der Waals surface area contributed by atoms with Crippen molar-refractivity contribution >= 4 is 5.78 Å². The zero-order chi connectivity index (χ0) is 8.27. The van der Waals surface area contributed by atoms with Crippen LogP contribution in [0.3, 0.4) is 0 Å². The first-order chi connectivity index (χ1) is 5.25. The third-order valence-corrected chi connectivity index (χ3v) is 2.71. The molecule has 0 aromatic heterocycles. The van der Waals surface area contributed by atoms with Gasteiger partial charge in [0.15, 0.2) is 0 Å². The Hall–Kier alpha value is -0.330. The van der Waals surface area contributed by atoms with E-state index in [0.29, 0.717) is 17.6 Å². The SMILES string of the molecule is CCC[C@@H]1CCC[C@H](C)C1=O. The Morgan fingerprint density at radius 2 is 2.18 bits per heavy atom. The van der Waals surface area contributed by atoms with Gasteiger partial charge < -0.3 is 0 Å². The largest absolute Gasteiger partial charge is 0.299 e. The molecule has 0 amide bonds. The molecule has 1 heteroatoms.